The normalized spacial score (nSPS) is 10.3. The average Bonchev–Trinajstić information content (AvgIpc) is 2.70. The van der Waals surface area contributed by atoms with Gasteiger partial charge in [0.1, 0.15) is 5.69 Å². The van der Waals surface area contributed by atoms with Crippen LogP contribution in [0.15, 0.2) is 42.5 Å². The summed E-state index contributed by atoms with van der Waals surface area (Å²) >= 11 is 0. The Morgan fingerprint density at radius 1 is 1.14 bits per heavy atom. The maximum atomic E-state index is 12.2. The topological polar surface area (TPSA) is 102 Å². The Hall–Kier alpha value is -3.42. The molecule has 29 heavy (non-hydrogen) atoms. The molecule has 0 atom stereocenters. The molecule has 0 aliphatic heterocycles. The van der Waals surface area contributed by atoms with E-state index >= 15 is 0 Å². The van der Waals surface area contributed by atoms with Gasteiger partial charge in [-0.3, -0.25) is 14.9 Å². The van der Waals surface area contributed by atoms with E-state index in [2.05, 4.69) is 12.2 Å². The fraction of sp³-hybridized carbons (Fsp3) is 0.333. The van der Waals surface area contributed by atoms with Gasteiger partial charge in [0.05, 0.1) is 10.5 Å². The summed E-state index contributed by atoms with van der Waals surface area (Å²) in [5.41, 5.74) is 1.97. The van der Waals surface area contributed by atoms with E-state index in [4.69, 9.17) is 4.74 Å². The highest BCUT2D eigenvalue weighted by Crippen LogP contribution is 2.27. The number of aryl methyl sites for hydroxylation is 1. The monoisotopic (exact) mass is 399 g/mol. The molecular weight excluding hydrogens is 374 g/mol. The smallest absolute Gasteiger partial charge is 0.338 e. The maximum absolute atomic E-state index is 12.2. The van der Waals surface area contributed by atoms with Crippen molar-refractivity contribution in [3.05, 3.63) is 63.7 Å². The highest BCUT2D eigenvalue weighted by Gasteiger charge is 2.20. The second kappa shape index (κ2) is 10.2. The van der Waals surface area contributed by atoms with Gasteiger partial charge in [0.15, 0.2) is 6.61 Å². The van der Waals surface area contributed by atoms with Gasteiger partial charge in [-0.15, -0.1) is 0 Å². The van der Waals surface area contributed by atoms with Gasteiger partial charge in [-0.2, -0.15) is 0 Å². The second-order valence-corrected chi connectivity index (χ2v) is 6.78. The van der Waals surface area contributed by atoms with Crippen molar-refractivity contribution in [2.24, 2.45) is 0 Å². The number of hydrogen-bond acceptors (Lipinski definition) is 6. The van der Waals surface area contributed by atoms with Crippen LogP contribution in [0.3, 0.4) is 0 Å². The molecule has 2 aromatic rings. The van der Waals surface area contributed by atoms with E-state index in [-0.39, 0.29) is 11.3 Å². The van der Waals surface area contributed by atoms with Crippen molar-refractivity contribution in [2.45, 2.75) is 26.2 Å². The van der Waals surface area contributed by atoms with E-state index in [1.807, 2.05) is 12.1 Å². The first kappa shape index (κ1) is 21.9. The number of nitrogens with zero attached hydrogens (tertiary/aromatic N) is 2. The molecule has 154 valence electrons. The molecule has 0 radical (unpaired) electrons. The molecule has 0 bridgehead atoms. The maximum Gasteiger partial charge on any atom is 0.338 e. The molecule has 0 saturated carbocycles. The average molecular weight is 399 g/mol. The molecular formula is C21H25N3O5. The molecule has 8 nitrogen and oxygen atoms in total. The first-order valence-electron chi connectivity index (χ1n) is 9.33. The Morgan fingerprint density at radius 2 is 1.83 bits per heavy atom. The minimum Gasteiger partial charge on any atom is -0.452 e. The Morgan fingerprint density at radius 3 is 2.41 bits per heavy atom. The largest absolute Gasteiger partial charge is 0.452 e. The van der Waals surface area contributed by atoms with Crippen LogP contribution in [0.2, 0.25) is 0 Å². The molecule has 0 aliphatic rings. The Balaban J connectivity index is 1.94. The van der Waals surface area contributed by atoms with Crippen LogP contribution in [0.1, 0.15) is 35.7 Å². The lowest BCUT2D eigenvalue weighted by atomic mass is 10.1. The third kappa shape index (κ3) is 6.31. The summed E-state index contributed by atoms with van der Waals surface area (Å²) in [6, 6.07) is 11.5. The number of nitrogens with one attached hydrogen (secondary N) is 1. The number of nitro groups is 1. The molecule has 0 aliphatic carbocycles. The molecule has 2 aromatic carbocycles. The number of nitro benzene ring substituents is 1. The number of benzene rings is 2. The molecule has 0 fully saturated rings. The van der Waals surface area contributed by atoms with Gasteiger partial charge in [-0.05, 0) is 42.7 Å². The van der Waals surface area contributed by atoms with Crippen LogP contribution in [0.4, 0.5) is 17.1 Å². The first-order valence-corrected chi connectivity index (χ1v) is 9.33. The van der Waals surface area contributed by atoms with Crippen LogP contribution in [0.5, 0.6) is 0 Å². The lowest BCUT2D eigenvalue weighted by Gasteiger charge is -2.13. The van der Waals surface area contributed by atoms with Crippen molar-refractivity contribution in [3.8, 4) is 0 Å². The minimum atomic E-state index is -0.802. The number of ether oxygens (including phenoxy) is 1. The standard InChI is InChI=1S/C21H25N3O5/c1-4-5-6-15-7-10-17(11-8-15)22-20(25)14-29-21(26)16-9-12-18(23(2)3)19(13-16)24(27)28/h7-13H,4-6,14H2,1-3H3,(H,22,25). The van der Waals surface area contributed by atoms with Gasteiger partial charge < -0.3 is 15.0 Å². The quantitative estimate of drug-likeness (QED) is 0.391. The summed E-state index contributed by atoms with van der Waals surface area (Å²) in [7, 11) is 3.34. The van der Waals surface area contributed by atoms with E-state index in [1.54, 1.807) is 31.1 Å². The Labute approximate surface area is 169 Å². The zero-order valence-corrected chi connectivity index (χ0v) is 16.8. The third-order valence-electron chi connectivity index (χ3n) is 4.28. The number of carbonyl (C=O) groups excluding carboxylic acids is 2. The molecule has 1 amide bonds. The molecule has 0 aromatic heterocycles. The molecule has 2 rings (SSSR count). The summed E-state index contributed by atoms with van der Waals surface area (Å²) in [5, 5.41) is 13.9. The van der Waals surface area contributed by atoms with Crippen LogP contribution in [-0.2, 0) is 16.0 Å². The summed E-state index contributed by atoms with van der Waals surface area (Å²) in [6.45, 7) is 1.64. The van der Waals surface area contributed by atoms with Crippen molar-refractivity contribution in [2.75, 3.05) is 30.9 Å². The zero-order valence-electron chi connectivity index (χ0n) is 16.8. The van der Waals surface area contributed by atoms with E-state index in [0.29, 0.717) is 11.4 Å². The lowest BCUT2D eigenvalue weighted by molar-refractivity contribution is -0.384. The van der Waals surface area contributed by atoms with Crippen LogP contribution in [-0.4, -0.2) is 37.5 Å². The first-order chi connectivity index (χ1) is 13.8. The number of unbranched alkanes of at least 4 members (excludes halogenated alkanes) is 1. The van der Waals surface area contributed by atoms with Gasteiger partial charge in [-0.25, -0.2) is 4.79 Å². The number of hydrogen-bond donors (Lipinski definition) is 1. The Bertz CT molecular complexity index is 878. The minimum absolute atomic E-state index is 0.00961. The summed E-state index contributed by atoms with van der Waals surface area (Å²) < 4.78 is 4.99. The van der Waals surface area contributed by atoms with E-state index in [1.165, 1.54) is 17.7 Å². The summed E-state index contributed by atoms with van der Waals surface area (Å²) in [4.78, 5) is 36.4. The van der Waals surface area contributed by atoms with Crippen molar-refractivity contribution < 1.29 is 19.2 Å². The SMILES string of the molecule is CCCCc1ccc(NC(=O)COC(=O)c2ccc(N(C)C)c([N+](=O)[O-])c2)cc1. The number of amides is 1. The summed E-state index contributed by atoms with van der Waals surface area (Å²) in [5.74, 6) is -1.29. The number of carbonyl (C=O) groups is 2. The highest BCUT2D eigenvalue weighted by atomic mass is 16.6. The molecule has 0 heterocycles. The molecule has 1 N–H and O–H groups in total. The van der Waals surface area contributed by atoms with Gasteiger partial charge in [0, 0.05) is 25.8 Å². The zero-order chi connectivity index (χ0) is 21.4. The van der Waals surface area contributed by atoms with Crippen molar-refractivity contribution >= 4 is 28.9 Å². The van der Waals surface area contributed by atoms with Gasteiger partial charge in [0.25, 0.3) is 11.6 Å². The fourth-order valence-electron chi connectivity index (χ4n) is 2.72. The van der Waals surface area contributed by atoms with Crippen LogP contribution >= 0.6 is 0 Å². The second-order valence-electron chi connectivity index (χ2n) is 6.78. The predicted molar refractivity (Wildman–Crippen MR) is 111 cm³/mol. The lowest BCUT2D eigenvalue weighted by Crippen LogP contribution is -2.21. The van der Waals surface area contributed by atoms with Crippen LogP contribution < -0.4 is 10.2 Å². The number of rotatable bonds is 9. The van der Waals surface area contributed by atoms with Crippen molar-refractivity contribution in [3.63, 3.8) is 0 Å². The van der Waals surface area contributed by atoms with Crippen molar-refractivity contribution in [1.29, 1.82) is 0 Å². The highest BCUT2D eigenvalue weighted by molar-refractivity contribution is 5.96. The summed E-state index contributed by atoms with van der Waals surface area (Å²) in [6.07, 6.45) is 3.21. The molecule has 0 spiro atoms. The number of anilines is 2. The molecule has 8 heteroatoms. The fourth-order valence-corrected chi connectivity index (χ4v) is 2.72. The van der Waals surface area contributed by atoms with Gasteiger partial charge in [-0.1, -0.05) is 25.5 Å². The van der Waals surface area contributed by atoms with E-state index in [0.717, 1.165) is 25.3 Å². The number of esters is 1. The Kier molecular flexibility index (Phi) is 7.70. The van der Waals surface area contributed by atoms with Crippen molar-refractivity contribution in [1.82, 2.24) is 0 Å². The molecule has 0 unspecified atom stereocenters. The van der Waals surface area contributed by atoms with E-state index in [9.17, 15) is 19.7 Å². The van der Waals surface area contributed by atoms with E-state index < -0.39 is 23.4 Å². The van der Waals surface area contributed by atoms with Gasteiger partial charge >= 0.3 is 5.97 Å². The predicted octanol–water partition coefficient (Wildman–Crippen LogP) is 3.80. The van der Waals surface area contributed by atoms with Crippen LogP contribution in [0, 0.1) is 10.1 Å². The molecule has 0 saturated heterocycles. The van der Waals surface area contributed by atoms with Gasteiger partial charge in [0.2, 0.25) is 0 Å². The third-order valence-corrected chi connectivity index (χ3v) is 4.28. The van der Waals surface area contributed by atoms with Crippen LogP contribution in [0.25, 0.3) is 0 Å².